The molecule has 1 aromatic rings. The number of aromatic nitrogens is 2. The molecular formula is C9H14BF3N3-. The fourth-order valence-corrected chi connectivity index (χ4v) is 2.30. The lowest BCUT2D eigenvalue weighted by molar-refractivity contribution is 0.263. The molecule has 0 spiro atoms. The van der Waals surface area contributed by atoms with E-state index in [2.05, 4.69) is 5.10 Å². The van der Waals surface area contributed by atoms with Crippen molar-refractivity contribution in [1.82, 2.24) is 14.7 Å². The average Bonchev–Trinajstić information content (AvgIpc) is 2.71. The van der Waals surface area contributed by atoms with E-state index in [4.69, 9.17) is 0 Å². The summed E-state index contributed by atoms with van der Waals surface area (Å²) in [4.78, 5) is 1.51. The van der Waals surface area contributed by atoms with Crippen molar-refractivity contribution in [2.45, 2.75) is 18.9 Å². The molecule has 1 fully saturated rings. The Morgan fingerprint density at radius 2 is 2.25 bits per heavy atom. The van der Waals surface area contributed by atoms with Gasteiger partial charge in [0.1, 0.15) is 0 Å². The second-order valence-corrected chi connectivity index (χ2v) is 4.31. The summed E-state index contributed by atoms with van der Waals surface area (Å²) in [5, 5.41) is 4.01. The maximum Gasteiger partial charge on any atom is 0.492 e. The van der Waals surface area contributed by atoms with Crippen LogP contribution in [0.2, 0.25) is 0 Å². The highest BCUT2D eigenvalue weighted by molar-refractivity contribution is 6.58. The Labute approximate surface area is 92.3 Å². The summed E-state index contributed by atoms with van der Waals surface area (Å²) >= 11 is 0. The summed E-state index contributed by atoms with van der Waals surface area (Å²) in [6.07, 6.45) is 4.31. The summed E-state index contributed by atoms with van der Waals surface area (Å²) in [5.74, 6) is 0. The van der Waals surface area contributed by atoms with Crippen molar-refractivity contribution >= 4 is 6.98 Å². The Balaban J connectivity index is 2.09. The highest BCUT2D eigenvalue weighted by atomic mass is 19.4. The van der Waals surface area contributed by atoms with Crippen molar-refractivity contribution in [3.8, 4) is 0 Å². The maximum atomic E-state index is 12.4. The van der Waals surface area contributed by atoms with Gasteiger partial charge >= 0.3 is 6.98 Å². The van der Waals surface area contributed by atoms with Crippen molar-refractivity contribution in [2.75, 3.05) is 13.0 Å². The Kier molecular flexibility index (Phi) is 2.97. The summed E-state index contributed by atoms with van der Waals surface area (Å²) in [6.45, 7) is -4.21. The van der Waals surface area contributed by atoms with E-state index in [1.165, 1.54) is 4.90 Å². The summed E-state index contributed by atoms with van der Waals surface area (Å²) in [5.41, 5.74) is 0.889. The normalized spacial score (nSPS) is 22.9. The van der Waals surface area contributed by atoms with E-state index < -0.39 is 13.4 Å². The number of hydrogen-bond acceptors (Lipinski definition) is 2. The maximum absolute atomic E-state index is 12.4. The minimum Gasteiger partial charge on any atom is -0.448 e. The van der Waals surface area contributed by atoms with Crippen LogP contribution in [0.5, 0.6) is 0 Å². The number of nitrogens with zero attached hydrogens (tertiary/aromatic N) is 3. The van der Waals surface area contributed by atoms with Crippen LogP contribution in [0.4, 0.5) is 12.9 Å². The van der Waals surface area contributed by atoms with Gasteiger partial charge in [0.25, 0.3) is 0 Å². The van der Waals surface area contributed by atoms with E-state index >= 15 is 0 Å². The lowest BCUT2D eigenvalue weighted by Gasteiger charge is -2.28. The van der Waals surface area contributed by atoms with Crippen LogP contribution < -0.4 is 0 Å². The molecule has 0 aromatic carbocycles. The molecule has 1 aliphatic rings. The summed E-state index contributed by atoms with van der Waals surface area (Å²) in [6, 6.07) is -0.114. The van der Waals surface area contributed by atoms with Crippen LogP contribution in [0, 0.1) is 0 Å². The van der Waals surface area contributed by atoms with Gasteiger partial charge in [-0.3, -0.25) is 4.68 Å². The minimum atomic E-state index is -4.74. The molecule has 0 radical (unpaired) electrons. The van der Waals surface area contributed by atoms with Crippen LogP contribution in [-0.2, 0) is 7.05 Å². The lowest BCUT2D eigenvalue weighted by Crippen LogP contribution is -2.37. The first-order valence-electron chi connectivity index (χ1n) is 5.39. The number of hydrogen-bond donors (Lipinski definition) is 0. The molecule has 1 unspecified atom stereocenters. The number of halogens is 3. The second-order valence-electron chi connectivity index (χ2n) is 4.31. The van der Waals surface area contributed by atoms with Crippen LogP contribution in [0.15, 0.2) is 12.4 Å². The standard InChI is InChI=1S/C9H14BF3N3/c1-15-6-8(5-14-15)9-3-2-4-16(9)7-10(11,12)13/h5-6,9H,2-4,7H2,1H3/q-1. The molecule has 2 heterocycles. The van der Waals surface area contributed by atoms with Crippen LogP contribution in [0.1, 0.15) is 24.4 Å². The number of rotatable bonds is 3. The SMILES string of the molecule is Cn1cc(C2CCCN2C[B-](F)(F)F)cn1. The van der Waals surface area contributed by atoms with Gasteiger partial charge in [-0.2, -0.15) is 5.10 Å². The molecule has 1 saturated heterocycles. The van der Waals surface area contributed by atoms with E-state index in [-0.39, 0.29) is 6.04 Å². The van der Waals surface area contributed by atoms with Crippen LogP contribution in [0.25, 0.3) is 0 Å². The molecule has 0 N–H and O–H groups in total. The van der Waals surface area contributed by atoms with Crippen molar-refractivity contribution in [1.29, 1.82) is 0 Å². The molecule has 0 bridgehead atoms. The van der Waals surface area contributed by atoms with Gasteiger partial charge in [0.2, 0.25) is 0 Å². The first kappa shape index (κ1) is 11.5. The fourth-order valence-electron chi connectivity index (χ4n) is 2.30. The monoisotopic (exact) mass is 232 g/mol. The topological polar surface area (TPSA) is 21.1 Å². The second kappa shape index (κ2) is 4.12. The van der Waals surface area contributed by atoms with Gasteiger partial charge in [-0.15, -0.1) is 0 Å². The molecular weight excluding hydrogens is 218 g/mol. The van der Waals surface area contributed by atoms with Gasteiger partial charge in [-0.1, -0.05) is 0 Å². The van der Waals surface area contributed by atoms with Gasteiger partial charge in [0, 0.05) is 24.8 Å². The van der Waals surface area contributed by atoms with Crippen LogP contribution in [-0.4, -0.2) is 34.6 Å². The van der Waals surface area contributed by atoms with Gasteiger partial charge in [0.05, 0.1) is 6.20 Å². The van der Waals surface area contributed by atoms with E-state index in [1.54, 1.807) is 24.1 Å². The molecule has 1 atom stereocenters. The predicted octanol–water partition coefficient (Wildman–Crippen LogP) is 1.94. The Hall–Kier alpha value is -0.975. The molecule has 1 aliphatic heterocycles. The minimum absolute atomic E-state index is 0.114. The van der Waals surface area contributed by atoms with Crippen LogP contribution >= 0.6 is 0 Å². The number of likely N-dealkylation sites (tertiary alicyclic amines) is 1. The van der Waals surface area contributed by atoms with E-state index in [1.807, 2.05) is 0 Å². The molecule has 7 heteroatoms. The van der Waals surface area contributed by atoms with Crippen molar-refractivity contribution < 1.29 is 12.9 Å². The lowest BCUT2D eigenvalue weighted by atomic mass is 9.90. The van der Waals surface area contributed by atoms with Crippen molar-refractivity contribution in [2.24, 2.45) is 7.05 Å². The third-order valence-electron chi connectivity index (χ3n) is 2.91. The predicted molar refractivity (Wildman–Crippen MR) is 55.8 cm³/mol. The Morgan fingerprint density at radius 1 is 1.50 bits per heavy atom. The largest absolute Gasteiger partial charge is 0.492 e. The first-order chi connectivity index (χ1) is 7.46. The Morgan fingerprint density at radius 3 is 2.81 bits per heavy atom. The van der Waals surface area contributed by atoms with Gasteiger partial charge < -0.3 is 17.8 Å². The quantitative estimate of drug-likeness (QED) is 0.742. The van der Waals surface area contributed by atoms with Crippen molar-refractivity contribution in [3.63, 3.8) is 0 Å². The zero-order chi connectivity index (χ0) is 11.8. The molecule has 3 nitrogen and oxygen atoms in total. The Bertz CT molecular complexity index is 363. The zero-order valence-electron chi connectivity index (χ0n) is 9.11. The molecule has 2 rings (SSSR count). The average molecular weight is 232 g/mol. The van der Waals surface area contributed by atoms with E-state index in [0.29, 0.717) is 6.54 Å². The molecule has 1 aromatic heterocycles. The molecule has 0 amide bonds. The highest BCUT2D eigenvalue weighted by Crippen LogP contribution is 2.32. The highest BCUT2D eigenvalue weighted by Gasteiger charge is 2.33. The van der Waals surface area contributed by atoms with Gasteiger partial charge in [0.15, 0.2) is 0 Å². The smallest absolute Gasteiger partial charge is 0.448 e. The van der Waals surface area contributed by atoms with E-state index in [9.17, 15) is 12.9 Å². The van der Waals surface area contributed by atoms with Gasteiger partial charge in [-0.25, -0.2) is 0 Å². The van der Waals surface area contributed by atoms with Gasteiger partial charge in [-0.05, 0) is 25.8 Å². The molecule has 90 valence electrons. The molecule has 0 aliphatic carbocycles. The third-order valence-corrected chi connectivity index (χ3v) is 2.91. The summed E-state index contributed by atoms with van der Waals surface area (Å²) < 4.78 is 38.8. The molecule has 16 heavy (non-hydrogen) atoms. The molecule has 0 saturated carbocycles. The summed E-state index contributed by atoms with van der Waals surface area (Å²) in [7, 11) is 1.77. The van der Waals surface area contributed by atoms with E-state index in [0.717, 1.165) is 18.4 Å². The first-order valence-corrected chi connectivity index (χ1v) is 5.39. The van der Waals surface area contributed by atoms with Crippen LogP contribution in [0.3, 0.4) is 0 Å². The third kappa shape index (κ3) is 2.58. The van der Waals surface area contributed by atoms with Crippen molar-refractivity contribution in [3.05, 3.63) is 18.0 Å². The number of aryl methyl sites for hydroxylation is 1. The fraction of sp³-hybridized carbons (Fsp3) is 0.667. The zero-order valence-corrected chi connectivity index (χ0v) is 9.11.